The summed E-state index contributed by atoms with van der Waals surface area (Å²) in [5.41, 5.74) is 1.65. The van der Waals surface area contributed by atoms with Gasteiger partial charge in [-0.1, -0.05) is 11.8 Å². The number of ether oxygens (including phenoxy) is 4. The standard InChI is InChI=1S/C20H24N4O6S/c1-6-30-18(26)16-11(2)21-19-22-20(31-10-15(25)29-5)23-24(19)17(16)13-8-7-12(27-3)9-14(13)28-4/h7-9,17H,6,10H2,1-5H3,(H,21,22,23)/t17-/m0/s1. The third kappa shape index (κ3) is 4.61. The Labute approximate surface area is 183 Å². The molecular weight excluding hydrogens is 424 g/mol. The first kappa shape index (κ1) is 22.5. The highest BCUT2D eigenvalue weighted by atomic mass is 32.2. The van der Waals surface area contributed by atoms with Gasteiger partial charge in [-0.25, -0.2) is 9.48 Å². The summed E-state index contributed by atoms with van der Waals surface area (Å²) in [7, 11) is 4.42. The second-order valence-electron chi connectivity index (χ2n) is 6.42. The van der Waals surface area contributed by atoms with E-state index in [-0.39, 0.29) is 18.3 Å². The van der Waals surface area contributed by atoms with E-state index in [2.05, 4.69) is 20.1 Å². The summed E-state index contributed by atoms with van der Waals surface area (Å²) >= 11 is 1.14. The Balaban J connectivity index is 2.11. The Morgan fingerprint density at radius 1 is 1.23 bits per heavy atom. The molecule has 31 heavy (non-hydrogen) atoms. The molecule has 0 bridgehead atoms. The van der Waals surface area contributed by atoms with E-state index in [4.69, 9.17) is 14.2 Å². The number of fused-ring (bicyclic) bond motifs is 1. The fourth-order valence-corrected chi connectivity index (χ4v) is 3.84. The predicted molar refractivity (Wildman–Crippen MR) is 113 cm³/mol. The van der Waals surface area contributed by atoms with Crippen molar-refractivity contribution in [1.82, 2.24) is 14.8 Å². The van der Waals surface area contributed by atoms with Crippen LogP contribution in [0.4, 0.5) is 5.95 Å². The minimum atomic E-state index is -0.656. The molecule has 11 heteroatoms. The van der Waals surface area contributed by atoms with E-state index >= 15 is 0 Å². The van der Waals surface area contributed by atoms with Gasteiger partial charge in [0.05, 0.1) is 39.3 Å². The Bertz CT molecular complexity index is 1020. The van der Waals surface area contributed by atoms with E-state index < -0.39 is 12.0 Å². The quantitative estimate of drug-likeness (QED) is 0.477. The van der Waals surface area contributed by atoms with Crippen molar-refractivity contribution in [3.05, 3.63) is 35.0 Å². The molecule has 1 aromatic carbocycles. The van der Waals surface area contributed by atoms with Gasteiger partial charge < -0.3 is 24.3 Å². The highest BCUT2D eigenvalue weighted by molar-refractivity contribution is 7.99. The summed E-state index contributed by atoms with van der Waals surface area (Å²) in [6.07, 6.45) is 0. The van der Waals surface area contributed by atoms with Gasteiger partial charge in [-0.05, 0) is 26.0 Å². The Kier molecular flexibility index (Phi) is 7.06. The van der Waals surface area contributed by atoms with Gasteiger partial charge in [0.25, 0.3) is 0 Å². The molecule has 0 unspecified atom stereocenters. The molecule has 0 fully saturated rings. The molecule has 166 valence electrons. The first-order valence-corrected chi connectivity index (χ1v) is 10.4. The second kappa shape index (κ2) is 9.73. The molecule has 3 rings (SSSR count). The summed E-state index contributed by atoms with van der Waals surface area (Å²) in [4.78, 5) is 28.8. The van der Waals surface area contributed by atoms with Crippen molar-refractivity contribution in [3.8, 4) is 11.5 Å². The number of carbonyl (C=O) groups excluding carboxylic acids is 2. The lowest BCUT2D eigenvalue weighted by Crippen LogP contribution is -2.30. The Morgan fingerprint density at radius 3 is 2.65 bits per heavy atom. The number of allylic oxidation sites excluding steroid dienone is 1. The van der Waals surface area contributed by atoms with Crippen LogP contribution in [0.25, 0.3) is 0 Å². The monoisotopic (exact) mass is 448 g/mol. The number of aromatic nitrogens is 3. The number of benzene rings is 1. The van der Waals surface area contributed by atoms with Crippen LogP contribution in [0, 0.1) is 0 Å². The molecule has 1 aromatic heterocycles. The minimum Gasteiger partial charge on any atom is -0.497 e. The van der Waals surface area contributed by atoms with Crippen LogP contribution in [0.2, 0.25) is 0 Å². The normalized spacial score (nSPS) is 15.1. The fraction of sp³-hybridized carbons (Fsp3) is 0.400. The summed E-state index contributed by atoms with van der Waals surface area (Å²) in [5, 5.41) is 8.00. The van der Waals surface area contributed by atoms with Crippen LogP contribution < -0.4 is 14.8 Å². The Morgan fingerprint density at radius 2 is 2.00 bits per heavy atom. The first-order chi connectivity index (χ1) is 14.9. The van der Waals surface area contributed by atoms with Gasteiger partial charge in [-0.15, -0.1) is 5.10 Å². The molecule has 0 saturated heterocycles. The van der Waals surface area contributed by atoms with Crippen LogP contribution in [-0.2, 0) is 19.1 Å². The number of nitrogens with one attached hydrogen (secondary N) is 1. The van der Waals surface area contributed by atoms with E-state index in [1.165, 1.54) is 7.11 Å². The molecule has 1 aliphatic rings. The van der Waals surface area contributed by atoms with Gasteiger partial charge in [-0.2, -0.15) is 4.98 Å². The maximum absolute atomic E-state index is 12.9. The van der Waals surface area contributed by atoms with E-state index in [1.807, 2.05) is 6.07 Å². The number of methoxy groups -OCH3 is 3. The molecule has 0 spiro atoms. The largest absolute Gasteiger partial charge is 0.497 e. The summed E-state index contributed by atoms with van der Waals surface area (Å²) < 4.78 is 22.4. The number of anilines is 1. The molecular formula is C20H24N4O6S. The molecule has 0 saturated carbocycles. The smallest absolute Gasteiger partial charge is 0.338 e. The van der Waals surface area contributed by atoms with Crippen molar-refractivity contribution in [2.45, 2.75) is 25.0 Å². The average molecular weight is 449 g/mol. The zero-order valence-electron chi connectivity index (χ0n) is 17.9. The SMILES string of the molecule is CCOC(=O)C1=C(C)Nc2nc(SCC(=O)OC)nn2[C@H]1c1ccc(OC)cc1OC. The van der Waals surface area contributed by atoms with Crippen molar-refractivity contribution in [3.63, 3.8) is 0 Å². The number of esters is 2. The average Bonchev–Trinajstić information content (AvgIpc) is 3.18. The van der Waals surface area contributed by atoms with Crippen molar-refractivity contribution >= 4 is 29.6 Å². The zero-order valence-corrected chi connectivity index (χ0v) is 18.7. The first-order valence-electron chi connectivity index (χ1n) is 9.46. The third-order valence-electron chi connectivity index (χ3n) is 4.61. The van der Waals surface area contributed by atoms with Crippen LogP contribution in [0.1, 0.15) is 25.5 Å². The van der Waals surface area contributed by atoms with E-state index in [1.54, 1.807) is 44.9 Å². The Hall–Kier alpha value is -3.21. The lowest BCUT2D eigenvalue weighted by Gasteiger charge is -2.29. The zero-order chi connectivity index (χ0) is 22.5. The van der Waals surface area contributed by atoms with Gasteiger partial charge in [0.15, 0.2) is 0 Å². The van der Waals surface area contributed by atoms with Crippen LogP contribution >= 0.6 is 11.8 Å². The molecule has 10 nitrogen and oxygen atoms in total. The van der Waals surface area contributed by atoms with Crippen molar-refractivity contribution < 1.29 is 28.5 Å². The molecule has 1 N–H and O–H groups in total. The fourth-order valence-electron chi connectivity index (χ4n) is 3.18. The van der Waals surface area contributed by atoms with Crippen LogP contribution in [0.3, 0.4) is 0 Å². The van der Waals surface area contributed by atoms with Crippen molar-refractivity contribution in [2.24, 2.45) is 0 Å². The molecule has 1 atom stereocenters. The van der Waals surface area contributed by atoms with Gasteiger partial charge in [0, 0.05) is 17.3 Å². The minimum absolute atomic E-state index is 0.0631. The van der Waals surface area contributed by atoms with Crippen LogP contribution in [-0.4, -0.2) is 60.4 Å². The lowest BCUT2D eigenvalue weighted by molar-refractivity contribution is -0.139. The molecule has 0 amide bonds. The van der Waals surface area contributed by atoms with Gasteiger partial charge >= 0.3 is 11.9 Å². The molecule has 1 aliphatic heterocycles. The van der Waals surface area contributed by atoms with E-state index in [0.717, 1.165) is 11.8 Å². The maximum Gasteiger partial charge on any atom is 0.338 e. The summed E-state index contributed by atoms with van der Waals surface area (Å²) in [5.74, 6) is 0.766. The molecule has 0 radical (unpaired) electrons. The molecule has 2 aromatic rings. The predicted octanol–water partition coefficient (Wildman–Crippen LogP) is 2.41. The lowest BCUT2D eigenvalue weighted by atomic mass is 9.95. The summed E-state index contributed by atoms with van der Waals surface area (Å²) in [6, 6.07) is 4.67. The number of thioether (sulfide) groups is 1. The van der Waals surface area contributed by atoms with Gasteiger partial charge in [0.1, 0.15) is 17.5 Å². The topological polar surface area (TPSA) is 114 Å². The number of hydrogen-bond acceptors (Lipinski definition) is 10. The van der Waals surface area contributed by atoms with Crippen LogP contribution in [0.5, 0.6) is 11.5 Å². The van der Waals surface area contributed by atoms with E-state index in [0.29, 0.717) is 39.4 Å². The molecule has 0 aliphatic carbocycles. The van der Waals surface area contributed by atoms with Gasteiger partial charge in [-0.3, -0.25) is 4.79 Å². The number of rotatable bonds is 8. The number of hydrogen-bond donors (Lipinski definition) is 1. The summed E-state index contributed by atoms with van der Waals surface area (Å²) in [6.45, 7) is 3.75. The number of nitrogens with zero attached hydrogens (tertiary/aromatic N) is 3. The third-order valence-corrected chi connectivity index (χ3v) is 5.42. The van der Waals surface area contributed by atoms with Crippen molar-refractivity contribution in [1.29, 1.82) is 0 Å². The highest BCUT2D eigenvalue weighted by Crippen LogP contribution is 2.41. The van der Waals surface area contributed by atoms with Crippen molar-refractivity contribution in [2.75, 3.05) is 39.0 Å². The second-order valence-corrected chi connectivity index (χ2v) is 7.36. The molecule has 2 heterocycles. The van der Waals surface area contributed by atoms with Gasteiger partial charge in [0.2, 0.25) is 11.1 Å². The number of carbonyl (C=O) groups is 2. The van der Waals surface area contributed by atoms with Crippen LogP contribution in [0.15, 0.2) is 34.6 Å². The highest BCUT2D eigenvalue weighted by Gasteiger charge is 2.37. The van der Waals surface area contributed by atoms with E-state index in [9.17, 15) is 9.59 Å². The maximum atomic E-state index is 12.9.